The van der Waals surface area contributed by atoms with E-state index in [1.165, 1.54) is 26.3 Å². The molecule has 220 valence electrons. The molecule has 4 rings (SSSR count). The second-order valence-corrected chi connectivity index (χ2v) is 10.4. The van der Waals surface area contributed by atoms with Gasteiger partial charge in [-0.05, 0) is 51.9 Å². The number of amides is 1. The SMILES string of the molecule is COc1ccnc(C(=O)N[C@H]2CCC[C@H](OC3CCCC3)[C@@H](OC(=O)C3CC3)[C@H](C)OC2=O)c1OCOC(C)=O. The van der Waals surface area contributed by atoms with Gasteiger partial charge in [0.25, 0.3) is 5.91 Å². The van der Waals surface area contributed by atoms with Crippen molar-refractivity contribution in [2.45, 2.75) is 102 Å². The van der Waals surface area contributed by atoms with Crippen molar-refractivity contribution in [3.05, 3.63) is 18.0 Å². The maximum absolute atomic E-state index is 13.3. The van der Waals surface area contributed by atoms with Gasteiger partial charge < -0.3 is 33.7 Å². The largest absolute Gasteiger partial charge is 0.493 e. The highest BCUT2D eigenvalue weighted by molar-refractivity contribution is 5.98. The molecule has 1 aliphatic heterocycles. The molecule has 1 N–H and O–H groups in total. The number of pyridine rings is 1. The Balaban J connectivity index is 1.48. The summed E-state index contributed by atoms with van der Waals surface area (Å²) in [6.07, 6.45) is 6.48. The van der Waals surface area contributed by atoms with Crippen LogP contribution in [0, 0.1) is 5.92 Å². The lowest BCUT2D eigenvalue weighted by Crippen LogP contribution is -2.47. The Morgan fingerprint density at radius 3 is 2.50 bits per heavy atom. The van der Waals surface area contributed by atoms with Crippen molar-refractivity contribution < 1.29 is 47.6 Å². The summed E-state index contributed by atoms with van der Waals surface area (Å²) < 4.78 is 33.6. The fraction of sp³-hybridized carbons (Fsp3) is 0.679. The van der Waals surface area contributed by atoms with Crippen LogP contribution in [0.4, 0.5) is 0 Å². The number of esters is 3. The van der Waals surface area contributed by atoms with Crippen LogP contribution in [0.15, 0.2) is 12.3 Å². The Hall–Kier alpha value is -3.41. The first-order chi connectivity index (χ1) is 19.3. The van der Waals surface area contributed by atoms with Crippen LogP contribution in [0.1, 0.15) is 82.1 Å². The number of cyclic esters (lactones) is 1. The first-order valence-corrected chi connectivity index (χ1v) is 13.9. The summed E-state index contributed by atoms with van der Waals surface area (Å²) >= 11 is 0. The molecule has 3 aliphatic rings. The monoisotopic (exact) mass is 562 g/mol. The molecule has 40 heavy (non-hydrogen) atoms. The van der Waals surface area contributed by atoms with Crippen molar-refractivity contribution in [3.8, 4) is 11.5 Å². The Morgan fingerprint density at radius 1 is 1.07 bits per heavy atom. The van der Waals surface area contributed by atoms with Crippen LogP contribution in [-0.4, -0.2) is 73.2 Å². The summed E-state index contributed by atoms with van der Waals surface area (Å²) in [5.74, 6) is -2.14. The molecule has 1 aromatic rings. The van der Waals surface area contributed by atoms with Crippen LogP contribution in [0.2, 0.25) is 0 Å². The maximum atomic E-state index is 13.3. The van der Waals surface area contributed by atoms with E-state index in [1.54, 1.807) is 6.92 Å². The number of aromatic nitrogens is 1. The Bertz CT molecular complexity index is 1070. The van der Waals surface area contributed by atoms with Gasteiger partial charge in [0.05, 0.1) is 25.2 Å². The number of carbonyl (C=O) groups excluding carboxylic acids is 4. The lowest BCUT2D eigenvalue weighted by molar-refractivity contribution is -0.184. The van der Waals surface area contributed by atoms with Gasteiger partial charge in [0, 0.05) is 19.2 Å². The molecule has 0 radical (unpaired) electrons. The molecule has 2 heterocycles. The number of hydrogen-bond acceptors (Lipinski definition) is 11. The number of nitrogens with one attached hydrogen (secondary N) is 1. The molecule has 2 saturated carbocycles. The third kappa shape index (κ3) is 7.83. The number of nitrogens with zero attached hydrogens (tertiary/aromatic N) is 1. The molecule has 2 aliphatic carbocycles. The highest BCUT2D eigenvalue weighted by atomic mass is 16.7. The van der Waals surface area contributed by atoms with Crippen LogP contribution in [-0.2, 0) is 33.3 Å². The number of rotatable bonds is 10. The molecule has 1 aromatic heterocycles. The van der Waals surface area contributed by atoms with E-state index in [1.807, 2.05) is 0 Å². The minimum atomic E-state index is -0.991. The summed E-state index contributed by atoms with van der Waals surface area (Å²) in [5.41, 5.74) is -0.147. The quantitative estimate of drug-likeness (QED) is 0.255. The van der Waals surface area contributed by atoms with Crippen LogP contribution < -0.4 is 14.8 Å². The zero-order valence-electron chi connectivity index (χ0n) is 23.2. The highest BCUT2D eigenvalue weighted by Gasteiger charge is 2.41. The van der Waals surface area contributed by atoms with Crippen molar-refractivity contribution >= 4 is 23.8 Å². The fourth-order valence-electron chi connectivity index (χ4n) is 5.00. The van der Waals surface area contributed by atoms with Crippen LogP contribution >= 0.6 is 0 Å². The van der Waals surface area contributed by atoms with E-state index in [2.05, 4.69) is 10.3 Å². The lowest BCUT2D eigenvalue weighted by Gasteiger charge is -2.32. The summed E-state index contributed by atoms with van der Waals surface area (Å²) in [4.78, 5) is 54.3. The first-order valence-electron chi connectivity index (χ1n) is 13.9. The Kier molecular flexibility index (Phi) is 10.2. The van der Waals surface area contributed by atoms with Gasteiger partial charge in [-0.15, -0.1) is 0 Å². The zero-order chi connectivity index (χ0) is 28.6. The van der Waals surface area contributed by atoms with Gasteiger partial charge in [0.15, 0.2) is 23.3 Å². The van der Waals surface area contributed by atoms with Crippen LogP contribution in [0.25, 0.3) is 0 Å². The summed E-state index contributed by atoms with van der Waals surface area (Å²) in [6, 6.07) is 0.498. The van der Waals surface area contributed by atoms with Crippen molar-refractivity contribution in [1.29, 1.82) is 0 Å². The minimum absolute atomic E-state index is 0.0365. The number of hydrogen-bond donors (Lipinski definition) is 1. The van der Waals surface area contributed by atoms with Gasteiger partial charge in [-0.1, -0.05) is 12.8 Å². The predicted molar refractivity (Wildman–Crippen MR) is 138 cm³/mol. The molecule has 1 saturated heterocycles. The topological polar surface area (TPSA) is 149 Å². The average Bonchev–Trinajstić information content (AvgIpc) is 3.65. The van der Waals surface area contributed by atoms with E-state index < -0.39 is 49.0 Å². The van der Waals surface area contributed by atoms with Gasteiger partial charge in [0.2, 0.25) is 6.79 Å². The van der Waals surface area contributed by atoms with E-state index in [-0.39, 0.29) is 41.6 Å². The second kappa shape index (κ2) is 13.8. The Labute approximate surface area is 233 Å². The van der Waals surface area contributed by atoms with Gasteiger partial charge in [0.1, 0.15) is 12.1 Å². The normalized spacial score (nSPS) is 25.5. The maximum Gasteiger partial charge on any atom is 0.329 e. The number of methoxy groups -OCH3 is 1. The third-order valence-corrected chi connectivity index (χ3v) is 7.30. The molecule has 0 bridgehead atoms. The van der Waals surface area contributed by atoms with Crippen molar-refractivity contribution in [3.63, 3.8) is 0 Å². The average molecular weight is 563 g/mol. The van der Waals surface area contributed by atoms with E-state index in [9.17, 15) is 19.2 Å². The molecule has 0 unspecified atom stereocenters. The van der Waals surface area contributed by atoms with E-state index >= 15 is 0 Å². The zero-order valence-corrected chi connectivity index (χ0v) is 23.2. The third-order valence-electron chi connectivity index (χ3n) is 7.30. The molecule has 12 heteroatoms. The summed E-state index contributed by atoms with van der Waals surface area (Å²) in [7, 11) is 1.39. The van der Waals surface area contributed by atoms with E-state index in [4.69, 9.17) is 28.4 Å². The number of ether oxygens (including phenoxy) is 6. The van der Waals surface area contributed by atoms with Crippen molar-refractivity contribution in [2.24, 2.45) is 5.92 Å². The molecule has 0 aromatic carbocycles. The van der Waals surface area contributed by atoms with Crippen molar-refractivity contribution in [2.75, 3.05) is 13.9 Å². The molecule has 1 amide bonds. The molecule has 0 spiro atoms. The Morgan fingerprint density at radius 2 is 1.82 bits per heavy atom. The summed E-state index contributed by atoms with van der Waals surface area (Å²) in [5, 5.41) is 2.70. The molecular formula is C28H38N2O10. The molecule has 12 nitrogen and oxygen atoms in total. The fourth-order valence-corrected chi connectivity index (χ4v) is 5.00. The van der Waals surface area contributed by atoms with E-state index in [0.717, 1.165) is 38.5 Å². The smallest absolute Gasteiger partial charge is 0.329 e. The van der Waals surface area contributed by atoms with Crippen LogP contribution in [0.3, 0.4) is 0 Å². The standard InChI is InChI=1S/C28H38N2O10/c1-16-24(40-27(33)18-11-12-18)22(39-19-7-4-5-8-19)10-6-9-20(28(34)38-16)30-26(32)23-25(37-15-36-17(2)31)21(35-3)13-14-29-23/h13-14,16,18-20,22,24H,4-12,15H2,1-3H3,(H,30,32)/t16-,20-,22-,24-/m0/s1. The van der Waals surface area contributed by atoms with Gasteiger partial charge in [-0.25, -0.2) is 9.78 Å². The van der Waals surface area contributed by atoms with Gasteiger partial charge in [-0.2, -0.15) is 0 Å². The van der Waals surface area contributed by atoms with Gasteiger partial charge >= 0.3 is 17.9 Å². The first kappa shape index (κ1) is 29.6. The van der Waals surface area contributed by atoms with Crippen molar-refractivity contribution in [1.82, 2.24) is 10.3 Å². The summed E-state index contributed by atoms with van der Waals surface area (Å²) in [6.45, 7) is 2.45. The number of carbonyl (C=O) groups is 4. The van der Waals surface area contributed by atoms with E-state index in [0.29, 0.717) is 12.8 Å². The lowest BCUT2D eigenvalue weighted by atomic mass is 10.0. The highest BCUT2D eigenvalue weighted by Crippen LogP contribution is 2.34. The molecular weight excluding hydrogens is 524 g/mol. The minimum Gasteiger partial charge on any atom is -0.493 e. The molecule has 4 atom stereocenters. The second-order valence-electron chi connectivity index (χ2n) is 10.4. The predicted octanol–water partition coefficient (Wildman–Crippen LogP) is 2.85. The van der Waals surface area contributed by atoms with Crippen LogP contribution in [0.5, 0.6) is 11.5 Å². The molecule has 3 fully saturated rings. The van der Waals surface area contributed by atoms with Gasteiger partial charge in [-0.3, -0.25) is 14.4 Å².